The van der Waals surface area contributed by atoms with Crippen molar-refractivity contribution in [3.8, 4) is 0 Å². The Morgan fingerprint density at radius 1 is 1.09 bits per heavy atom. The first-order valence-corrected chi connectivity index (χ1v) is 13.0. The van der Waals surface area contributed by atoms with Gasteiger partial charge in [0.05, 0.1) is 6.10 Å². The monoisotopic (exact) mass is 457 g/mol. The molecule has 3 aliphatic rings. The fourth-order valence-corrected chi connectivity index (χ4v) is 5.44. The van der Waals surface area contributed by atoms with Crippen LogP contribution in [-0.2, 0) is 10.2 Å². The van der Waals surface area contributed by atoms with E-state index in [1.807, 2.05) is 0 Å². The van der Waals surface area contributed by atoms with Crippen LogP contribution in [0.4, 0.5) is 5.82 Å². The van der Waals surface area contributed by atoms with E-state index >= 15 is 0 Å². The summed E-state index contributed by atoms with van der Waals surface area (Å²) in [7, 11) is 0. The maximum atomic E-state index is 11.3. The number of amides is 1. The summed E-state index contributed by atoms with van der Waals surface area (Å²) in [6.07, 6.45) is 7.46. The van der Waals surface area contributed by atoms with Crippen LogP contribution >= 0.6 is 0 Å². The molecule has 0 bridgehead atoms. The number of aliphatic hydroxyl groups excluding tert-OH is 1. The molecule has 7 nitrogen and oxygen atoms in total. The van der Waals surface area contributed by atoms with Crippen molar-refractivity contribution in [2.75, 3.05) is 37.6 Å². The molecular formula is C26H43N5O2. The number of aliphatic hydroxyl groups is 1. The van der Waals surface area contributed by atoms with E-state index < -0.39 is 0 Å². The number of nitrogens with one attached hydrogen (secondary N) is 1. The van der Waals surface area contributed by atoms with Gasteiger partial charge in [0, 0.05) is 62.2 Å². The fraction of sp³-hybridized carbons (Fsp3) is 0.808. The number of rotatable bonds is 6. The normalized spacial score (nSPS) is 28.9. The van der Waals surface area contributed by atoms with Crippen molar-refractivity contribution in [3.63, 3.8) is 0 Å². The molecule has 4 rings (SSSR count). The molecule has 1 aromatic rings. The molecular weight excluding hydrogens is 414 g/mol. The summed E-state index contributed by atoms with van der Waals surface area (Å²) in [6.45, 7) is 13.5. The molecule has 7 heteroatoms. The zero-order valence-corrected chi connectivity index (χ0v) is 21.0. The van der Waals surface area contributed by atoms with Gasteiger partial charge in [0.1, 0.15) is 11.6 Å². The number of carbonyl (C=O) groups excluding carboxylic acids is 1. The van der Waals surface area contributed by atoms with Crippen LogP contribution in [-0.4, -0.2) is 70.8 Å². The summed E-state index contributed by atoms with van der Waals surface area (Å²) in [5.74, 6) is 3.23. The SMILES string of the molecule is CC(=O)NC1CCC(CCN2CCN(c3cc(C4CC(O)C4)nc(C(C)(C)C)n3)CC2)CC1. The molecule has 33 heavy (non-hydrogen) atoms. The number of nitrogens with zero attached hydrogens (tertiary/aromatic N) is 4. The average molecular weight is 458 g/mol. The van der Waals surface area contributed by atoms with Crippen molar-refractivity contribution in [2.45, 2.75) is 96.1 Å². The lowest BCUT2D eigenvalue weighted by atomic mass is 9.80. The van der Waals surface area contributed by atoms with Gasteiger partial charge in [-0.15, -0.1) is 0 Å². The number of carbonyl (C=O) groups is 1. The summed E-state index contributed by atoms with van der Waals surface area (Å²) in [5.41, 5.74) is 1.01. The Hall–Kier alpha value is -1.73. The molecule has 3 fully saturated rings. The van der Waals surface area contributed by atoms with Crippen LogP contribution in [0.3, 0.4) is 0 Å². The summed E-state index contributed by atoms with van der Waals surface area (Å²) in [6, 6.07) is 2.57. The number of aromatic nitrogens is 2. The van der Waals surface area contributed by atoms with Gasteiger partial charge >= 0.3 is 0 Å². The highest BCUT2D eigenvalue weighted by Crippen LogP contribution is 2.37. The predicted molar refractivity (Wildman–Crippen MR) is 132 cm³/mol. The zero-order valence-electron chi connectivity index (χ0n) is 21.0. The second kappa shape index (κ2) is 10.3. The van der Waals surface area contributed by atoms with E-state index in [-0.39, 0.29) is 17.4 Å². The van der Waals surface area contributed by atoms with Crippen LogP contribution in [0.5, 0.6) is 0 Å². The first-order chi connectivity index (χ1) is 15.7. The van der Waals surface area contributed by atoms with Gasteiger partial charge in [0.15, 0.2) is 0 Å². The second-order valence-electron chi connectivity index (χ2n) is 11.6. The molecule has 1 amide bonds. The van der Waals surface area contributed by atoms with Crippen LogP contribution in [0, 0.1) is 5.92 Å². The standard InChI is InChI=1S/C26H43N5O2/c1-18(32)27-21-7-5-19(6-8-21)9-10-30-11-13-31(14-12-30)24-17-23(20-15-22(33)16-20)28-25(29-24)26(2,3)4/h17,19-22,33H,5-16H2,1-4H3,(H,27,32). The molecule has 1 aliphatic heterocycles. The highest BCUT2D eigenvalue weighted by Gasteiger charge is 2.32. The number of anilines is 1. The lowest BCUT2D eigenvalue weighted by Gasteiger charge is -2.38. The smallest absolute Gasteiger partial charge is 0.217 e. The minimum Gasteiger partial charge on any atom is -0.393 e. The second-order valence-corrected chi connectivity index (χ2v) is 11.6. The van der Waals surface area contributed by atoms with Crippen molar-refractivity contribution in [2.24, 2.45) is 5.92 Å². The molecule has 0 unspecified atom stereocenters. The first-order valence-electron chi connectivity index (χ1n) is 13.0. The molecule has 2 saturated carbocycles. The third-order valence-corrected chi connectivity index (χ3v) is 7.74. The largest absolute Gasteiger partial charge is 0.393 e. The van der Waals surface area contributed by atoms with Crippen LogP contribution in [0.25, 0.3) is 0 Å². The summed E-state index contributed by atoms with van der Waals surface area (Å²) in [4.78, 5) is 26.1. The van der Waals surface area contributed by atoms with Crippen LogP contribution in [0.15, 0.2) is 6.07 Å². The quantitative estimate of drug-likeness (QED) is 0.683. The van der Waals surface area contributed by atoms with Gasteiger partial charge in [-0.3, -0.25) is 9.69 Å². The Balaban J connectivity index is 1.28. The van der Waals surface area contributed by atoms with Crippen molar-refractivity contribution in [3.05, 3.63) is 17.6 Å². The highest BCUT2D eigenvalue weighted by molar-refractivity contribution is 5.73. The Bertz CT molecular complexity index is 801. The lowest BCUT2D eigenvalue weighted by Crippen LogP contribution is -2.47. The van der Waals surface area contributed by atoms with Gasteiger partial charge < -0.3 is 15.3 Å². The maximum absolute atomic E-state index is 11.3. The van der Waals surface area contributed by atoms with E-state index in [4.69, 9.17) is 9.97 Å². The van der Waals surface area contributed by atoms with Gasteiger partial charge in [0.2, 0.25) is 5.91 Å². The minimum absolute atomic E-state index is 0.0894. The van der Waals surface area contributed by atoms with E-state index in [1.165, 1.54) is 25.8 Å². The van der Waals surface area contributed by atoms with E-state index in [0.29, 0.717) is 12.0 Å². The van der Waals surface area contributed by atoms with Gasteiger partial charge in [-0.2, -0.15) is 0 Å². The van der Waals surface area contributed by atoms with Crippen LogP contribution in [0.2, 0.25) is 0 Å². The number of piperazine rings is 1. The van der Waals surface area contributed by atoms with Gasteiger partial charge in [-0.1, -0.05) is 20.8 Å². The van der Waals surface area contributed by atoms with Crippen molar-refractivity contribution >= 4 is 11.7 Å². The predicted octanol–water partition coefficient (Wildman–Crippen LogP) is 3.22. The molecule has 2 aliphatic carbocycles. The van der Waals surface area contributed by atoms with Crippen LogP contribution in [0.1, 0.15) is 90.1 Å². The molecule has 1 saturated heterocycles. The molecule has 0 aromatic carbocycles. The molecule has 184 valence electrons. The van der Waals surface area contributed by atoms with Gasteiger partial charge in [-0.25, -0.2) is 9.97 Å². The number of hydrogen-bond donors (Lipinski definition) is 2. The molecule has 1 aromatic heterocycles. The first kappa shape index (κ1) is 24.4. The fourth-order valence-electron chi connectivity index (χ4n) is 5.44. The van der Waals surface area contributed by atoms with E-state index in [0.717, 1.165) is 75.1 Å². The molecule has 2 heterocycles. The van der Waals surface area contributed by atoms with Crippen molar-refractivity contribution in [1.29, 1.82) is 0 Å². The molecule has 0 atom stereocenters. The Labute approximate surface area is 199 Å². The molecule has 0 radical (unpaired) electrons. The topological polar surface area (TPSA) is 81.6 Å². The zero-order chi connectivity index (χ0) is 23.6. The van der Waals surface area contributed by atoms with Crippen LogP contribution < -0.4 is 10.2 Å². The van der Waals surface area contributed by atoms with Crippen molar-refractivity contribution in [1.82, 2.24) is 20.2 Å². The molecule has 2 N–H and O–H groups in total. The minimum atomic E-state index is -0.171. The third kappa shape index (κ3) is 6.44. The Morgan fingerprint density at radius 3 is 2.33 bits per heavy atom. The van der Waals surface area contributed by atoms with E-state index in [1.54, 1.807) is 6.92 Å². The summed E-state index contributed by atoms with van der Waals surface area (Å²) < 4.78 is 0. The molecule has 0 spiro atoms. The number of hydrogen-bond acceptors (Lipinski definition) is 6. The average Bonchev–Trinajstić information content (AvgIpc) is 2.75. The van der Waals surface area contributed by atoms with E-state index in [2.05, 4.69) is 42.0 Å². The lowest BCUT2D eigenvalue weighted by molar-refractivity contribution is -0.119. The van der Waals surface area contributed by atoms with Crippen molar-refractivity contribution < 1.29 is 9.90 Å². The Kier molecular flexibility index (Phi) is 7.59. The Morgan fingerprint density at radius 2 is 1.76 bits per heavy atom. The third-order valence-electron chi connectivity index (χ3n) is 7.74. The van der Waals surface area contributed by atoms with Gasteiger partial charge in [-0.05, 0) is 57.4 Å². The highest BCUT2D eigenvalue weighted by atomic mass is 16.3. The maximum Gasteiger partial charge on any atom is 0.217 e. The summed E-state index contributed by atoms with van der Waals surface area (Å²) in [5, 5.41) is 12.9. The van der Waals surface area contributed by atoms with E-state index in [9.17, 15) is 9.90 Å². The van der Waals surface area contributed by atoms with Gasteiger partial charge in [0.25, 0.3) is 0 Å². The summed E-state index contributed by atoms with van der Waals surface area (Å²) >= 11 is 0.